The first-order valence-electron chi connectivity index (χ1n) is 25.2. The number of ether oxygens (including phenoxy) is 3. The number of carbonyl (C=O) groups is 1. The summed E-state index contributed by atoms with van der Waals surface area (Å²) < 4.78 is 18.0. The number of piperazine rings is 1. The fourth-order valence-electron chi connectivity index (χ4n) is 8.34. The summed E-state index contributed by atoms with van der Waals surface area (Å²) in [4.78, 5) is 17.1. The van der Waals surface area contributed by atoms with E-state index in [1.807, 2.05) is 6.07 Å². The molecule has 7 heteroatoms. The van der Waals surface area contributed by atoms with E-state index in [4.69, 9.17) is 19.3 Å². The first-order chi connectivity index (χ1) is 28.6. The zero-order valence-corrected chi connectivity index (χ0v) is 38.4. The standard InChI is InChI=1S/C51H94N2O5/c1-3-5-7-9-11-13-15-17-18-19-21-23-25-27-29-31-42-56-49-45-48(33-30-28-26-24-22-20-16-14-12-10-8-6-4-2)46-50(47-49)57-43-44-58-51(55)34-32-35-52-36-38-53(39-37-52)40-41-54/h45-47,54H,3-44H2,1-2H3. The maximum absolute atomic E-state index is 12.4. The molecule has 338 valence electrons. The first-order valence-corrected chi connectivity index (χ1v) is 25.2. The number of benzene rings is 1. The van der Waals surface area contributed by atoms with E-state index < -0.39 is 0 Å². The second-order valence-electron chi connectivity index (χ2n) is 17.5. The van der Waals surface area contributed by atoms with Crippen molar-refractivity contribution in [2.24, 2.45) is 0 Å². The lowest BCUT2D eigenvalue weighted by atomic mass is 10.0. The molecule has 1 saturated heterocycles. The fraction of sp³-hybridized carbons (Fsp3) is 0.863. The molecule has 0 amide bonds. The number of carbonyl (C=O) groups excluding carboxylic acids is 1. The minimum atomic E-state index is -0.151. The van der Waals surface area contributed by atoms with Gasteiger partial charge in [0, 0.05) is 45.2 Å². The van der Waals surface area contributed by atoms with Gasteiger partial charge in [0.1, 0.15) is 24.7 Å². The van der Waals surface area contributed by atoms with Crippen LogP contribution in [0.2, 0.25) is 0 Å². The average Bonchev–Trinajstić information content (AvgIpc) is 3.23. The van der Waals surface area contributed by atoms with Crippen molar-refractivity contribution in [2.75, 3.05) is 65.7 Å². The van der Waals surface area contributed by atoms with Crippen molar-refractivity contribution >= 4 is 5.97 Å². The molecule has 0 saturated carbocycles. The number of aryl methyl sites for hydroxylation is 1. The summed E-state index contributed by atoms with van der Waals surface area (Å²) >= 11 is 0. The third kappa shape index (κ3) is 31.1. The zero-order valence-electron chi connectivity index (χ0n) is 38.4. The van der Waals surface area contributed by atoms with Gasteiger partial charge in [-0.2, -0.15) is 0 Å². The van der Waals surface area contributed by atoms with Crippen LogP contribution in [0.15, 0.2) is 18.2 Å². The van der Waals surface area contributed by atoms with Crippen molar-refractivity contribution in [1.29, 1.82) is 0 Å². The summed E-state index contributed by atoms with van der Waals surface area (Å²) in [6, 6.07) is 6.39. The molecular formula is C51H94N2O5. The topological polar surface area (TPSA) is 71.5 Å². The number of aliphatic hydroxyl groups is 1. The van der Waals surface area contributed by atoms with E-state index in [-0.39, 0.29) is 19.2 Å². The highest BCUT2D eigenvalue weighted by Gasteiger charge is 2.16. The van der Waals surface area contributed by atoms with Crippen LogP contribution < -0.4 is 9.47 Å². The van der Waals surface area contributed by atoms with Crippen molar-refractivity contribution in [3.05, 3.63) is 23.8 Å². The zero-order chi connectivity index (χ0) is 41.4. The maximum Gasteiger partial charge on any atom is 0.305 e. The van der Waals surface area contributed by atoms with Crippen LogP contribution in [0.1, 0.15) is 218 Å². The van der Waals surface area contributed by atoms with Crippen molar-refractivity contribution in [2.45, 2.75) is 219 Å². The third-order valence-electron chi connectivity index (χ3n) is 12.1. The molecule has 1 fully saturated rings. The molecule has 58 heavy (non-hydrogen) atoms. The molecule has 2 rings (SSSR count). The van der Waals surface area contributed by atoms with Gasteiger partial charge < -0.3 is 24.2 Å². The number of hydrogen-bond acceptors (Lipinski definition) is 7. The van der Waals surface area contributed by atoms with Gasteiger partial charge in [0.15, 0.2) is 0 Å². The second kappa shape index (κ2) is 39.3. The average molecular weight is 815 g/mol. The lowest BCUT2D eigenvalue weighted by Crippen LogP contribution is -2.47. The Bertz CT molecular complexity index is 1050. The van der Waals surface area contributed by atoms with Crippen LogP contribution in [0, 0.1) is 0 Å². The van der Waals surface area contributed by atoms with Crippen LogP contribution in [0.3, 0.4) is 0 Å². The Labute approximate surface area is 359 Å². The molecule has 0 aromatic heterocycles. The molecule has 1 aromatic carbocycles. The molecule has 0 atom stereocenters. The number of unbranched alkanes of at least 4 members (excludes halogenated alkanes) is 27. The van der Waals surface area contributed by atoms with E-state index in [0.717, 1.165) is 76.6 Å². The smallest absolute Gasteiger partial charge is 0.305 e. The van der Waals surface area contributed by atoms with E-state index in [2.05, 4.69) is 35.8 Å². The summed E-state index contributed by atoms with van der Waals surface area (Å²) in [6.07, 6.45) is 41.9. The third-order valence-corrected chi connectivity index (χ3v) is 12.1. The molecular weight excluding hydrogens is 721 g/mol. The second-order valence-corrected chi connectivity index (χ2v) is 17.5. The predicted octanol–water partition coefficient (Wildman–Crippen LogP) is 13.3. The molecule has 0 bridgehead atoms. The lowest BCUT2D eigenvalue weighted by Gasteiger charge is -2.34. The predicted molar refractivity (Wildman–Crippen MR) is 247 cm³/mol. The summed E-state index contributed by atoms with van der Waals surface area (Å²) in [5.74, 6) is 1.56. The van der Waals surface area contributed by atoms with Gasteiger partial charge in [-0.25, -0.2) is 0 Å². The Morgan fingerprint density at radius 3 is 1.33 bits per heavy atom. The molecule has 0 aliphatic carbocycles. The summed E-state index contributed by atoms with van der Waals surface area (Å²) in [5.41, 5.74) is 1.27. The number of hydrogen-bond donors (Lipinski definition) is 1. The molecule has 1 aliphatic rings. The van der Waals surface area contributed by atoms with Crippen LogP contribution in [0.25, 0.3) is 0 Å². The van der Waals surface area contributed by atoms with Crippen LogP contribution in [0.5, 0.6) is 11.5 Å². The van der Waals surface area contributed by atoms with Crippen molar-refractivity contribution < 1.29 is 24.1 Å². The van der Waals surface area contributed by atoms with E-state index in [0.29, 0.717) is 13.0 Å². The molecule has 1 aromatic rings. The van der Waals surface area contributed by atoms with Crippen molar-refractivity contribution in [1.82, 2.24) is 9.80 Å². The molecule has 1 heterocycles. The molecule has 1 aliphatic heterocycles. The molecule has 0 unspecified atom stereocenters. The Balaban J connectivity index is 1.63. The largest absolute Gasteiger partial charge is 0.493 e. The van der Waals surface area contributed by atoms with Crippen LogP contribution in [-0.4, -0.2) is 86.6 Å². The van der Waals surface area contributed by atoms with Crippen LogP contribution in [0.4, 0.5) is 0 Å². The molecule has 0 spiro atoms. The maximum atomic E-state index is 12.4. The minimum Gasteiger partial charge on any atom is -0.493 e. The lowest BCUT2D eigenvalue weighted by molar-refractivity contribution is -0.144. The van der Waals surface area contributed by atoms with Gasteiger partial charge >= 0.3 is 5.97 Å². The number of nitrogens with zero attached hydrogens (tertiary/aromatic N) is 2. The van der Waals surface area contributed by atoms with Gasteiger partial charge in [-0.3, -0.25) is 9.69 Å². The monoisotopic (exact) mass is 815 g/mol. The van der Waals surface area contributed by atoms with E-state index in [1.165, 1.54) is 185 Å². The van der Waals surface area contributed by atoms with E-state index in [1.54, 1.807) is 0 Å². The summed E-state index contributed by atoms with van der Waals surface area (Å²) in [7, 11) is 0. The Hall–Kier alpha value is -1.83. The van der Waals surface area contributed by atoms with Crippen LogP contribution >= 0.6 is 0 Å². The van der Waals surface area contributed by atoms with E-state index >= 15 is 0 Å². The SMILES string of the molecule is CCCCCCCCCCCCCCCCCCOc1cc(CCCCCCCCCCCCCCC)cc(OCCOC(=O)CCCN2CCN(CCO)CC2)c1. The highest BCUT2D eigenvalue weighted by atomic mass is 16.6. The normalized spacial score (nSPS) is 13.6. The Morgan fingerprint density at radius 1 is 0.483 bits per heavy atom. The quantitative estimate of drug-likeness (QED) is 0.0520. The Kier molecular flexibility index (Phi) is 35.5. The van der Waals surface area contributed by atoms with Gasteiger partial charge in [-0.05, 0) is 49.9 Å². The number of aliphatic hydroxyl groups excluding tert-OH is 1. The molecule has 7 nitrogen and oxygen atoms in total. The number of β-amino-alcohol motifs (C(OH)–C–C–N with tert-alkyl or cyclic N) is 1. The minimum absolute atomic E-state index is 0.151. The first kappa shape index (κ1) is 52.3. The highest BCUT2D eigenvalue weighted by molar-refractivity contribution is 5.69. The van der Waals surface area contributed by atoms with Crippen molar-refractivity contribution in [3.63, 3.8) is 0 Å². The number of esters is 1. The summed E-state index contributed by atoms with van der Waals surface area (Å²) in [6.45, 7) is 11.8. The van der Waals surface area contributed by atoms with Gasteiger partial charge in [0.25, 0.3) is 0 Å². The number of rotatable bonds is 42. The highest BCUT2D eigenvalue weighted by Crippen LogP contribution is 2.25. The van der Waals surface area contributed by atoms with Gasteiger partial charge in [0.2, 0.25) is 0 Å². The Morgan fingerprint density at radius 2 is 0.879 bits per heavy atom. The van der Waals surface area contributed by atoms with Gasteiger partial charge in [0.05, 0.1) is 13.2 Å². The van der Waals surface area contributed by atoms with Crippen LogP contribution in [-0.2, 0) is 16.0 Å². The van der Waals surface area contributed by atoms with Crippen molar-refractivity contribution in [3.8, 4) is 11.5 Å². The van der Waals surface area contributed by atoms with Gasteiger partial charge in [-0.15, -0.1) is 0 Å². The molecule has 1 N–H and O–H groups in total. The fourth-order valence-corrected chi connectivity index (χ4v) is 8.34. The molecule has 0 radical (unpaired) electrons. The summed E-state index contributed by atoms with van der Waals surface area (Å²) in [5, 5.41) is 9.15. The van der Waals surface area contributed by atoms with Gasteiger partial charge in [-0.1, -0.05) is 187 Å². The van der Waals surface area contributed by atoms with E-state index in [9.17, 15) is 4.79 Å².